The van der Waals surface area contributed by atoms with E-state index in [1.54, 1.807) is 0 Å². The molecule has 1 rings (SSSR count). The van der Waals surface area contributed by atoms with E-state index in [1.807, 2.05) is 0 Å². The zero-order valence-corrected chi connectivity index (χ0v) is 8.00. The van der Waals surface area contributed by atoms with Crippen LogP contribution in [0.5, 0.6) is 0 Å². The van der Waals surface area contributed by atoms with Gasteiger partial charge in [0.1, 0.15) is 11.6 Å². The zero-order chi connectivity index (χ0) is 11.6. The highest BCUT2D eigenvalue weighted by molar-refractivity contribution is 5.67. The van der Waals surface area contributed by atoms with Crippen LogP contribution in [0.3, 0.4) is 0 Å². The van der Waals surface area contributed by atoms with Gasteiger partial charge in [-0.15, -0.1) is 0 Å². The zero-order valence-electron chi connectivity index (χ0n) is 8.00. The van der Waals surface area contributed by atoms with E-state index < -0.39 is 35.7 Å². The minimum atomic E-state index is -1.66. The van der Waals surface area contributed by atoms with Crippen molar-refractivity contribution in [3.8, 4) is 0 Å². The van der Waals surface area contributed by atoms with Gasteiger partial charge < -0.3 is 10.2 Å². The molecule has 0 saturated heterocycles. The number of halogens is 2. The van der Waals surface area contributed by atoms with Gasteiger partial charge in [-0.3, -0.25) is 4.79 Å². The van der Waals surface area contributed by atoms with Gasteiger partial charge in [-0.05, 0) is 18.6 Å². The summed E-state index contributed by atoms with van der Waals surface area (Å²) < 4.78 is 26.5. The molecule has 0 bridgehead atoms. The lowest BCUT2D eigenvalue weighted by Crippen LogP contribution is -2.10. The molecule has 0 fully saturated rings. The number of carboxylic acid groups (broad SMARTS) is 1. The maximum absolute atomic E-state index is 13.4. The number of carbonyl (C=O) groups is 1. The molecule has 1 aromatic rings. The minimum Gasteiger partial charge on any atom is -0.481 e. The predicted octanol–water partition coefficient (Wildman–Crippen LogP) is 1.78. The number of rotatable bonds is 3. The highest BCUT2D eigenvalue weighted by atomic mass is 19.1. The van der Waals surface area contributed by atoms with Gasteiger partial charge in [-0.1, -0.05) is 6.07 Å². The van der Waals surface area contributed by atoms with Gasteiger partial charge in [0.15, 0.2) is 0 Å². The van der Waals surface area contributed by atoms with Gasteiger partial charge in [0, 0.05) is 0 Å². The SMILES string of the molecule is Cc1ccc(F)c(C(O)CC(=O)O)c1F. The van der Waals surface area contributed by atoms with Crippen LogP contribution < -0.4 is 0 Å². The summed E-state index contributed by atoms with van der Waals surface area (Å²) in [7, 11) is 0. The van der Waals surface area contributed by atoms with Crippen LogP contribution in [-0.2, 0) is 4.79 Å². The molecule has 0 amide bonds. The molecule has 2 N–H and O–H groups in total. The van der Waals surface area contributed by atoms with Crippen molar-refractivity contribution in [2.75, 3.05) is 0 Å². The molecule has 82 valence electrons. The molecule has 0 spiro atoms. The lowest BCUT2D eigenvalue weighted by atomic mass is 10.0. The Labute approximate surface area is 85.0 Å². The first-order chi connectivity index (χ1) is 6.93. The number of aliphatic carboxylic acids is 1. The molecule has 0 saturated carbocycles. The normalized spacial score (nSPS) is 12.5. The summed E-state index contributed by atoms with van der Waals surface area (Å²) in [6.07, 6.45) is -2.39. The molecular formula is C10H10F2O3. The molecule has 0 radical (unpaired) electrons. The topological polar surface area (TPSA) is 57.5 Å². The maximum Gasteiger partial charge on any atom is 0.306 e. The molecule has 3 nitrogen and oxygen atoms in total. The minimum absolute atomic E-state index is 0.163. The summed E-state index contributed by atoms with van der Waals surface area (Å²) in [4.78, 5) is 10.3. The van der Waals surface area contributed by atoms with Gasteiger partial charge in [-0.2, -0.15) is 0 Å². The van der Waals surface area contributed by atoms with Crippen LogP contribution in [0.4, 0.5) is 8.78 Å². The van der Waals surface area contributed by atoms with Gasteiger partial charge >= 0.3 is 5.97 Å². The summed E-state index contributed by atoms with van der Waals surface area (Å²) in [5.41, 5.74) is -0.423. The summed E-state index contributed by atoms with van der Waals surface area (Å²) in [5.74, 6) is -3.15. The molecule has 0 aromatic heterocycles. The third-order valence-electron chi connectivity index (χ3n) is 2.02. The number of hydrogen-bond acceptors (Lipinski definition) is 2. The van der Waals surface area contributed by atoms with E-state index in [0.29, 0.717) is 0 Å². The fourth-order valence-electron chi connectivity index (χ4n) is 1.25. The molecule has 0 heterocycles. The van der Waals surface area contributed by atoms with Crippen molar-refractivity contribution >= 4 is 5.97 Å². The largest absolute Gasteiger partial charge is 0.481 e. The van der Waals surface area contributed by atoms with Crippen molar-refractivity contribution in [1.29, 1.82) is 0 Å². The second-order valence-electron chi connectivity index (χ2n) is 3.21. The summed E-state index contributed by atoms with van der Waals surface area (Å²) in [5, 5.41) is 17.7. The van der Waals surface area contributed by atoms with Crippen molar-refractivity contribution in [1.82, 2.24) is 0 Å². The fraction of sp³-hybridized carbons (Fsp3) is 0.300. The highest BCUT2D eigenvalue weighted by Crippen LogP contribution is 2.25. The molecule has 1 unspecified atom stereocenters. The van der Waals surface area contributed by atoms with E-state index in [4.69, 9.17) is 5.11 Å². The smallest absolute Gasteiger partial charge is 0.306 e. The Morgan fingerprint density at radius 2 is 2.07 bits per heavy atom. The van der Waals surface area contributed by atoms with Crippen LogP contribution >= 0.6 is 0 Å². The monoisotopic (exact) mass is 216 g/mol. The average Bonchev–Trinajstić information content (AvgIpc) is 2.11. The fourth-order valence-corrected chi connectivity index (χ4v) is 1.25. The Balaban J connectivity index is 3.12. The third kappa shape index (κ3) is 2.50. The van der Waals surface area contributed by atoms with Gasteiger partial charge in [-0.25, -0.2) is 8.78 Å². The van der Waals surface area contributed by atoms with Crippen LogP contribution in [-0.4, -0.2) is 16.2 Å². The van der Waals surface area contributed by atoms with Crippen LogP contribution in [0.2, 0.25) is 0 Å². The molecule has 1 aromatic carbocycles. The van der Waals surface area contributed by atoms with Crippen LogP contribution in [0.15, 0.2) is 12.1 Å². The average molecular weight is 216 g/mol. The Kier molecular flexibility index (Phi) is 3.36. The first kappa shape index (κ1) is 11.6. The summed E-state index contributed by atoms with van der Waals surface area (Å²) in [6.45, 7) is 1.41. The number of benzene rings is 1. The number of aliphatic hydroxyl groups is 1. The quantitative estimate of drug-likeness (QED) is 0.809. The van der Waals surface area contributed by atoms with E-state index in [-0.39, 0.29) is 5.56 Å². The van der Waals surface area contributed by atoms with Crippen LogP contribution in [0.1, 0.15) is 23.7 Å². The van der Waals surface area contributed by atoms with Crippen LogP contribution in [0, 0.1) is 18.6 Å². The number of carboxylic acids is 1. The van der Waals surface area contributed by atoms with Crippen molar-refractivity contribution in [3.05, 3.63) is 34.9 Å². The molecule has 0 aliphatic rings. The summed E-state index contributed by atoms with van der Waals surface area (Å²) >= 11 is 0. The Morgan fingerprint density at radius 1 is 1.47 bits per heavy atom. The maximum atomic E-state index is 13.4. The van der Waals surface area contributed by atoms with Crippen molar-refractivity contribution in [2.24, 2.45) is 0 Å². The number of aliphatic hydroxyl groups excluding tert-OH is 1. The van der Waals surface area contributed by atoms with Crippen molar-refractivity contribution in [3.63, 3.8) is 0 Å². The molecular weight excluding hydrogens is 206 g/mol. The molecule has 0 aliphatic heterocycles. The first-order valence-electron chi connectivity index (χ1n) is 4.28. The lowest BCUT2D eigenvalue weighted by Gasteiger charge is -2.11. The Bertz CT molecular complexity index is 390. The predicted molar refractivity (Wildman–Crippen MR) is 48.3 cm³/mol. The molecule has 1 atom stereocenters. The van der Waals surface area contributed by atoms with Crippen molar-refractivity contribution in [2.45, 2.75) is 19.4 Å². The van der Waals surface area contributed by atoms with E-state index in [9.17, 15) is 18.7 Å². The molecule has 5 heteroatoms. The van der Waals surface area contributed by atoms with Gasteiger partial charge in [0.25, 0.3) is 0 Å². The second kappa shape index (κ2) is 4.35. The lowest BCUT2D eigenvalue weighted by molar-refractivity contribution is -0.139. The van der Waals surface area contributed by atoms with E-state index in [1.165, 1.54) is 13.0 Å². The van der Waals surface area contributed by atoms with Gasteiger partial charge in [0.05, 0.1) is 18.1 Å². The standard InChI is InChI=1S/C10H10F2O3/c1-5-2-3-6(11)9(10(5)12)7(13)4-8(14)15/h2-3,7,13H,4H2,1H3,(H,14,15). The van der Waals surface area contributed by atoms with Crippen LogP contribution in [0.25, 0.3) is 0 Å². The van der Waals surface area contributed by atoms with E-state index in [2.05, 4.69) is 0 Å². The van der Waals surface area contributed by atoms with Crippen molar-refractivity contribution < 1.29 is 23.8 Å². The van der Waals surface area contributed by atoms with E-state index in [0.717, 1.165) is 6.07 Å². The third-order valence-corrected chi connectivity index (χ3v) is 2.02. The molecule has 0 aliphatic carbocycles. The second-order valence-corrected chi connectivity index (χ2v) is 3.21. The highest BCUT2D eigenvalue weighted by Gasteiger charge is 2.21. The van der Waals surface area contributed by atoms with E-state index >= 15 is 0 Å². The number of hydrogen-bond donors (Lipinski definition) is 2. The van der Waals surface area contributed by atoms with Gasteiger partial charge in [0.2, 0.25) is 0 Å². The summed E-state index contributed by atoms with van der Waals surface area (Å²) in [6, 6.07) is 2.22. The Hall–Kier alpha value is -1.49. The first-order valence-corrected chi connectivity index (χ1v) is 4.28. The molecule has 15 heavy (non-hydrogen) atoms. The Morgan fingerprint density at radius 3 is 2.60 bits per heavy atom. The number of aryl methyl sites for hydroxylation is 1.